The van der Waals surface area contributed by atoms with Crippen molar-refractivity contribution in [3.63, 3.8) is 0 Å². The number of nitrogens with zero attached hydrogens (tertiary/aromatic N) is 2. The molecular weight excluding hydrogens is 578 g/mol. The first-order valence-corrected chi connectivity index (χ1v) is 17.4. The van der Waals surface area contributed by atoms with Crippen LogP contribution in [0.3, 0.4) is 0 Å². The zero-order chi connectivity index (χ0) is 32.7. The molecule has 4 aliphatic rings. The Bertz CT molecular complexity index is 1250. The van der Waals surface area contributed by atoms with Crippen molar-refractivity contribution in [2.45, 2.75) is 129 Å². The monoisotopic (exact) mass is 632 g/mol. The average Bonchev–Trinajstić information content (AvgIpc) is 3.37. The Morgan fingerprint density at radius 1 is 0.522 bits per heavy atom. The van der Waals surface area contributed by atoms with Crippen LogP contribution in [-0.2, 0) is 31.7 Å². The SMILES string of the molecule is CC1(C)OB(c2ccc3c(c2)CN(CCCCCCCCN2COc4ccc(B5OC(C)(C)C(C)(C)O5)cc4C2)CO3)OC1(C)C. The molecule has 0 unspecified atom stereocenters. The molecule has 0 atom stereocenters. The summed E-state index contributed by atoms with van der Waals surface area (Å²) in [7, 11) is -0.687. The van der Waals surface area contributed by atoms with Crippen LogP contribution < -0.4 is 20.4 Å². The minimum atomic E-state index is -0.343. The van der Waals surface area contributed by atoms with Gasteiger partial charge in [-0.3, -0.25) is 9.80 Å². The molecule has 2 aromatic rings. The lowest BCUT2D eigenvalue weighted by atomic mass is 9.78. The average molecular weight is 632 g/mol. The maximum absolute atomic E-state index is 6.28. The van der Waals surface area contributed by atoms with Crippen molar-refractivity contribution in [3.8, 4) is 11.5 Å². The van der Waals surface area contributed by atoms with Crippen molar-refractivity contribution in [2.75, 3.05) is 26.6 Å². The van der Waals surface area contributed by atoms with E-state index in [4.69, 9.17) is 28.1 Å². The Kier molecular flexibility index (Phi) is 9.62. The molecule has 0 aromatic heterocycles. The normalized spacial score (nSPS) is 23.1. The van der Waals surface area contributed by atoms with Gasteiger partial charge in [-0.05, 0) is 91.3 Å². The Morgan fingerprint density at radius 2 is 0.870 bits per heavy atom. The minimum Gasteiger partial charge on any atom is -0.478 e. The van der Waals surface area contributed by atoms with Crippen LogP contribution in [0.4, 0.5) is 0 Å². The highest BCUT2D eigenvalue weighted by Crippen LogP contribution is 2.38. The van der Waals surface area contributed by atoms with E-state index in [1.807, 2.05) is 0 Å². The molecular formula is C36H54B2N2O6. The molecule has 0 saturated carbocycles. The van der Waals surface area contributed by atoms with Gasteiger partial charge in [-0.25, -0.2) is 0 Å². The highest BCUT2D eigenvalue weighted by atomic mass is 16.7. The van der Waals surface area contributed by atoms with Gasteiger partial charge in [0.05, 0.1) is 22.4 Å². The van der Waals surface area contributed by atoms with E-state index in [1.165, 1.54) is 49.7 Å². The standard InChI is InChI=1S/C36H54B2N2O6/c1-33(2)34(3,4)44-37(43-33)29-15-17-31-27(21-29)23-39(25-41-31)19-13-11-9-10-12-14-20-40-24-28-22-30(16-18-32(28)42-26-40)38-45-35(5,6)36(7,8)46-38/h15-18,21-22H,9-14,19-20,23-26H2,1-8H3. The molecule has 4 aliphatic heterocycles. The van der Waals surface area contributed by atoms with Crippen LogP contribution >= 0.6 is 0 Å². The molecule has 0 radical (unpaired) electrons. The zero-order valence-electron chi connectivity index (χ0n) is 29.4. The van der Waals surface area contributed by atoms with Gasteiger partial charge in [-0.15, -0.1) is 0 Å². The van der Waals surface area contributed by atoms with Gasteiger partial charge >= 0.3 is 14.2 Å². The Labute approximate surface area is 277 Å². The van der Waals surface area contributed by atoms with Crippen molar-refractivity contribution >= 4 is 25.2 Å². The van der Waals surface area contributed by atoms with Crippen LogP contribution in [0.2, 0.25) is 0 Å². The van der Waals surface area contributed by atoms with Crippen LogP contribution in [0.15, 0.2) is 36.4 Å². The molecule has 2 fully saturated rings. The van der Waals surface area contributed by atoms with Crippen molar-refractivity contribution in [1.29, 1.82) is 0 Å². The highest BCUT2D eigenvalue weighted by molar-refractivity contribution is 6.62. The zero-order valence-corrected chi connectivity index (χ0v) is 29.4. The molecule has 10 heteroatoms. The van der Waals surface area contributed by atoms with Gasteiger partial charge in [-0.1, -0.05) is 49.9 Å². The first kappa shape index (κ1) is 33.8. The number of unbranched alkanes of at least 4 members (excludes halogenated alkanes) is 5. The third kappa shape index (κ3) is 7.18. The largest absolute Gasteiger partial charge is 0.494 e. The van der Waals surface area contributed by atoms with E-state index in [0.29, 0.717) is 13.5 Å². The number of hydrogen-bond acceptors (Lipinski definition) is 8. The van der Waals surface area contributed by atoms with Crippen molar-refractivity contribution in [2.24, 2.45) is 0 Å². The van der Waals surface area contributed by atoms with Gasteiger partial charge < -0.3 is 28.1 Å². The van der Waals surface area contributed by atoms with Crippen molar-refractivity contribution < 1.29 is 28.1 Å². The maximum atomic E-state index is 6.28. The van der Waals surface area contributed by atoms with Gasteiger partial charge in [-0.2, -0.15) is 0 Å². The molecule has 46 heavy (non-hydrogen) atoms. The summed E-state index contributed by atoms with van der Waals surface area (Å²) < 4.78 is 37.3. The van der Waals surface area contributed by atoms with Crippen LogP contribution in [0, 0.1) is 0 Å². The van der Waals surface area contributed by atoms with Gasteiger partial charge in [0.1, 0.15) is 25.0 Å². The second-order valence-corrected chi connectivity index (χ2v) is 15.7. The predicted molar refractivity (Wildman–Crippen MR) is 184 cm³/mol. The van der Waals surface area contributed by atoms with Gasteiger partial charge in [0.2, 0.25) is 0 Å². The lowest BCUT2D eigenvalue weighted by Gasteiger charge is -2.32. The number of fused-ring (bicyclic) bond motifs is 2. The van der Waals surface area contributed by atoms with Crippen molar-refractivity contribution in [1.82, 2.24) is 9.80 Å². The molecule has 0 spiro atoms. The molecule has 250 valence electrons. The molecule has 0 amide bonds. The first-order chi connectivity index (χ1) is 21.7. The molecule has 2 aromatic carbocycles. The number of benzene rings is 2. The number of hydrogen-bond donors (Lipinski definition) is 0. The summed E-state index contributed by atoms with van der Waals surface area (Å²) in [5.74, 6) is 1.95. The lowest BCUT2D eigenvalue weighted by Crippen LogP contribution is -2.41. The Morgan fingerprint density at radius 3 is 1.24 bits per heavy atom. The van der Waals surface area contributed by atoms with E-state index >= 15 is 0 Å². The molecule has 6 rings (SSSR count). The van der Waals surface area contributed by atoms with Crippen molar-refractivity contribution in [3.05, 3.63) is 47.5 Å². The van der Waals surface area contributed by atoms with E-state index in [0.717, 1.165) is 48.6 Å². The van der Waals surface area contributed by atoms with E-state index in [-0.39, 0.29) is 36.6 Å². The van der Waals surface area contributed by atoms with E-state index in [9.17, 15) is 0 Å². The highest BCUT2D eigenvalue weighted by Gasteiger charge is 2.53. The Hall–Kier alpha value is -2.07. The third-order valence-corrected chi connectivity index (χ3v) is 11.0. The summed E-state index contributed by atoms with van der Waals surface area (Å²) in [5.41, 5.74) is 3.19. The van der Waals surface area contributed by atoms with Gasteiger partial charge in [0, 0.05) is 37.3 Å². The van der Waals surface area contributed by atoms with Gasteiger partial charge in [0.15, 0.2) is 0 Å². The summed E-state index contributed by atoms with van der Waals surface area (Å²) in [5, 5.41) is 0. The first-order valence-electron chi connectivity index (χ1n) is 17.4. The molecule has 0 N–H and O–H groups in total. The fourth-order valence-corrected chi connectivity index (χ4v) is 6.54. The molecule has 0 bridgehead atoms. The topological polar surface area (TPSA) is 61.9 Å². The number of rotatable bonds is 11. The second kappa shape index (κ2) is 13.1. The third-order valence-electron chi connectivity index (χ3n) is 11.0. The number of ether oxygens (including phenoxy) is 2. The fraction of sp³-hybridized carbons (Fsp3) is 0.667. The summed E-state index contributed by atoms with van der Waals surface area (Å²) in [4.78, 5) is 4.81. The fourth-order valence-electron chi connectivity index (χ4n) is 6.54. The van der Waals surface area contributed by atoms with E-state index in [1.54, 1.807) is 0 Å². The van der Waals surface area contributed by atoms with Crippen LogP contribution in [0.1, 0.15) is 105 Å². The molecule has 0 aliphatic carbocycles. The van der Waals surface area contributed by atoms with Crippen LogP contribution in [-0.4, -0.2) is 73.0 Å². The van der Waals surface area contributed by atoms with E-state index in [2.05, 4.69) is 102 Å². The summed E-state index contributed by atoms with van der Waals surface area (Å²) in [6.45, 7) is 22.0. The predicted octanol–water partition coefficient (Wildman–Crippen LogP) is 5.63. The second-order valence-electron chi connectivity index (χ2n) is 15.7. The van der Waals surface area contributed by atoms with Crippen LogP contribution in [0.25, 0.3) is 0 Å². The minimum absolute atomic E-state index is 0.342. The van der Waals surface area contributed by atoms with Gasteiger partial charge in [0.25, 0.3) is 0 Å². The quantitative estimate of drug-likeness (QED) is 0.234. The molecule has 4 heterocycles. The molecule has 2 saturated heterocycles. The summed E-state index contributed by atoms with van der Waals surface area (Å²) >= 11 is 0. The maximum Gasteiger partial charge on any atom is 0.494 e. The molecule has 8 nitrogen and oxygen atoms in total. The Balaban J connectivity index is 0.872. The summed E-state index contributed by atoms with van der Waals surface area (Å²) in [6, 6.07) is 12.7. The summed E-state index contributed by atoms with van der Waals surface area (Å²) in [6.07, 6.45) is 7.43. The van der Waals surface area contributed by atoms with Crippen LogP contribution in [0.5, 0.6) is 11.5 Å². The van der Waals surface area contributed by atoms with E-state index < -0.39 is 0 Å². The smallest absolute Gasteiger partial charge is 0.478 e. The lowest BCUT2D eigenvalue weighted by molar-refractivity contribution is 0.00578.